The number of benzene rings is 6. The zero-order valence-electron chi connectivity index (χ0n) is 29.1. The van der Waals surface area contributed by atoms with Gasteiger partial charge in [-0.05, 0) is 83.9 Å². The van der Waals surface area contributed by atoms with Gasteiger partial charge in [-0.15, -0.1) is 0 Å². The largest absolute Gasteiger partial charge is 0.344 e. The van der Waals surface area contributed by atoms with Gasteiger partial charge in [0.25, 0.3) is 0 Å². The summed E-state index contributed by atoms with van der Waals surface area (Å²) in [5.41, 5.74) is 11.7. The van der Waals surface area contributed by atoms with E-state index in [1.807, 2.05) is 24.3 Å². The maximum atomic E-state index is 6.17. The average molecular weight is 718 g/mol. The molecular weight excluding hydrogens is 679 g/mol. The van der Waals surface area contributed by atoms with Gasteiger partial charge in [0.05, 0.1) is 22.1 Å². The SMILES string of the molecule is CN(c1ccc(Cl)cc1)c1cc[n+](Cc2cccc(-c3cccc(C[n+]4ccc(N(C)c5ccc(Cl)cc5)c5ccccc54)c3)c2)c2ccccc12. The quantitative estimate of drug-likeness (QED) is 0.138. The fourth-order valence-electron chi connectivity index (χ4n) is 7.10. The molecule has 8 rings (SSSR count). The minimum Gasteiger partial charge on any atom is -0.344 e. The van der Waals surface area contributed by atoms with Gasteiger partial charge in [0.2, 0.25) is 11.0 Å². The molecule has 0 N–H and O–H groups in total. The van der Waals surface area contributed by atoms with Crippen LogP contribution in [0.4, 0.5) is 22.7 Å². The summed E-state index contributed by atoms with van der Waals surface area (Å²) in [7, 11) is 4.20. The number of fused-ring (bicyclic) bond motifs is 2. The van der Waals surface area contributed by atoms with Crippen LogP contribution in [0.3, 0.4) is 0 Å². The summed E-state index contributed by atoms with van der Waals surface area (Å²) >= 11 is 12.3. The summed E-state index contributed by atoms with van der Waals surface area (Å²) in [5, 5.41) is 3.86. The zero-order chi connectivity index (χ0) is 35.6. The van der Waals surface area contributed by atoms with E-state index in [4.69, 9.17) is 23.2 Å². The van der Waals surface area contributed by atoms with E-state index in [0.717, 1.165) is 45.9 Å². The lowest BCUT2D eigenvalue weighted by Gasteiger charge is -2.21. The van der Waals surface area contributed by atoms with Crippen molar-refractivity contribution in [3.8, 4) is 11.1 Å². The molecule has 0 aliphatic heterocycles. The van der Waals surface area contributed by atoms with Crippen molar-refractivity contribution in [3.05, 3.63) is 191 Å². The maximum Gasteiger partial charge on any atom is 0.214 e. The summed E-state index contributed by atoms with van der Waals surface area (Å²) in [5.74, 6) is 0. The predicted octanol–water partition coefficient (Wildman–Crippen LogP) is 11.2. The van der Waals surface area contributed by atoms with E-state index in [1.54, 1.807) is 0 Å². The van der Waals surface area contributed by atoms with E-state index in [1.165, 1.54) is 44.1 Å². The van der Waals surface area contributed by atoms with Gasteiger partial charge in [-0.3, -0.25) is 0 Å². The Bertz CT molecular complexity index is 2350. The van der Waals surface area contributed by atoms with Gasteiger partial charge in [0.15, 0.2) is 25.5 Å². The monoisotopic (exact) mass is 716 g/mol. The first-order valence-electron chi connectivity index (χ1n) is 17.4. The van der Waals surface area contributed by atoms with Crippen molar-refractivity contribution in [1.82, 2.24) is 0 Å². The van der Waals surface area contributed by atoms with E-state index >= 15 is 0 Å². The molecule has 0 aliphatic rings. The molecule has 6 heteroatoms. The van der Waals surface area contributed by atoms with Crippen LogP contribution in [0.1, 0.15) is 11.1 Å². The van der Waals surface area contributed by atoms with E-state index in [2.05, 4.69) is 179 Å². The lowest BCUT2D eigenvalue weighted by atomic mass is 10.0. The number of rotatable bonds is 9. The molecule has 0 aliphatic carbocycles. The predicted molar refractivity (Wildman–Crippen MR) is 217 cm³/mol. The summed E-state index contributed by atoms with van der Waals surface area (Å²) in [6.45, 7) is 1.52. The molecule has 0 saturated carbocycles. The van der Waals surface area contributed by atoms with Crippen LogP contribution < -0.4 is 18.9 Å². The number of para-hydroxylation sites is 2. The Morgan fingerprint density at radius 1 is 0.442 bits per heavy atom. The minimum absolute atomic E-state index is 0.735. The molecule has 0 fully saturated rings. The van der Waals surface area contributed by atoms with Gasteiger partial charge in [-0.25, -0.2) is 0 Å². The average Bonchev–Trinajstić information content (AvgIpc) is 3.18. The summed E-state index contributed by atoms with van der Waals surface area (Å²) in [4.78, 5) is 4.43. The van der Waals surface area contributed by atoms with E-state index in [0.29, 0.717) is 0 Å². The van der Waals surface area contributed by atoms with Gasteiger partial charge >= 0.3 is 0 Å². The Morgan fingerprint density at radius 3 is 1.27 bits per heavy atom. The Kier molecular flexibility index (Phi) is 9.34. The van der Waals surface area contributed by atoms with Crippen molar-refractivity contribution in [2.75, 3.05) is 23.9 Å². The third-order valence-corrected chi connectivity index (χ3v) is 10.4. The Hall–Kier alpha value is -5.68. The molecule has 52 heavy (non-hydrogen) atoms. The molecule has 0 spiro atoms. The van der Waals surface area contributed by atoms with E-state index in [9.17, 15) is 0 Å². The second kappa shape index (κ2) is 14.5. The summed E-state index contributed by atoms with van der Waals surface area (Å²) in [6, 6.07) is 55.4. The van der Waals surface area contributed by atoms with Gasteiger partial charge < -0.3 is 9.80 Å². The van der Waals surface area contributed by atoms with Crippen molar-refractivity contribution in [3.63, 3.8) is 0 Å². The normalized spacial score (nSPS) is 11.2. The standard InChI is InChI=1S/C46H38Cl2N4/c1-49(39-21-17-37(47)18-22-39)43-25-27-51(45-15-5-3-13-41(43)45)31-33-9-7-11-35(29-33)36-12-8-10-34(30-36)32-52-28-26-44(42-14-4-6-16-46(42)52)50(2)40-23-19-38(48)20-24-40/h3-30H,31-32H2,1-2H3/q+2. The van der Waals surface area contributed by atoms with Gasteiger partial charge in [-0.1, -0.05) is 83.9 Å². The maximum absolute atomic E-state index is 6.17. The smallest absolute Gasteiger partial charge is 0.214 e. The molecule has 4 nitrogen and oxygen atoms in total. The number of anilines is 4. The van der Waals surface area contributed by atoms with E-state index < -0.39 is 0 Å². The van der Waals surface area contributed by atoms with Crippen LogP contribution in [0.5, 0.6) is 0 Å². The number of nitrogens with zero attached hydrogens (tertiary/aromatic N) is 4. The first-order valence-corrected chi connectivity index (χ1v) is 18.2. The van der Waals surface area contributed by atoms with Gasteiger partial charge in [-0.2, -0.15) is 9.13 Å². The Labute approximate surface area is 315 Å². The van der Waals surface area contributed by atoms with Crippen LogP contribution in [0, 0.1) is 0 Å². The highest BCUT2D eigenvalue weighted by Gasteiger charge is 2.19. The van der Waals surface area contributed by atoms with Crippen LogP contribution in [0.15, 0.2) is 170 Å². The highest BCUT2D eigenvalue weighted by atomic mass is 35.5. The molecule has 0 bridgehead atoms. The summed E-state index contributed by atoms with van der Waals surface area (Å²) in [6.07, 6.45) is 4.38. The fraction of sp³-hybridized carbons (Fsp3) is 0.0870. The van der Waals surface area contributed by atoms with Crippen molar-refractivity contribution in [2.24, 2.45) is 0 Å². The van der Waals surface area contributed by atoms with E-state index in [-0.39, 0.29) is 0 Å². The fourth-order valence-corrected chi connectivity index (χ4v) is 7.35. The van der Waals surface area contributed by atoms with Crippen molar-refractivity contribution in [1.29, 1.82) is 0 Å². The Morgan fingerprint density at radius 2 is 0.846 bits per heavy atom. The topological polar surface area (TPSA) is 14.2 Å². The minimum atomic E-state index is 0.735. The third-order valence-electron chi connectivity index (χ3n) is 9.85. The second-order valence-electron chi connectivity index (χ2n) is 13.2. The molecule has 8 aromatic rings. The molecule has 2 aromatic heterocycles. The molecule has 6 aromatic carbocycles. The third kappa shape index (κ3) is 6.83. The van der Waals surface area contributed by atoms with Crippen LogP contribution in [0.25, 0.3) is 32.9 Å². The van der Waals surface area contributed by atoms with Crippen LogP contribution >= 0.6 is 23.2 Å². The van der Waals surface area contributed by atoms with Crippen LogP contribution in [0.2, 0.25) is 10.0 Å². The van der Waals surface area contributed by atoms with Gasteiger partial charge in [0, 0.05) is 70.9 Å². The van der Waals surface area contributed by atoms with Gasteiger partial charge in [0.1, 0.15) is 0 Å². The zero-order valence-corrected chi connectivity index (χ0v) is 30.6. The molecule has 254 valence electrons. The number of aromatic nitrogens is 2. The lowest BCUT2D eigenvalue weighted by molar-refractivity contribution is -0.662. The molecule has 0 amide bonds. The highest BCUT2D eigenvalue weighted by molar-refractivity contribution is 6.31. The molecule has 0 atom stereocenters. The van der Waals surface area contributed by atoms with Crippen LogP contribution in [-0.2, 0) is 13.1 Å². The van der Waals surface area contributed by atoms with Crippen molar-refractivity contribution < 1.29 is 9.13 Å². The number of halogens is 2. The van der Waals surface area contributed by atoms with Crippen molar-refractivity contribution >= 4 is 67.8 Å². The lowest BCUT2D eigenvalue weighted by Crippen LogP contribution is -2.35. The van der Waals surface area contributed by atoms with Crippen LogP contribution in [-0.4, -0.2) is 14.1 Å². The Balaban J connectivity index is 1.05. The first-order chi connectivity index (χ1) is 25.4. The molecule has 0 saturated heterocycles. The highest BCUT2D eigenvalue weighted by Crippen LogP contribution is 2.32. The second-order valence-corrected chi connectivity index (χ2v) is 14.0. The molecule has 0 radical (unpaired) electrons. The molecule has 2 heterocycles. The molecular formula is C46H38Cl2N4+2. The summed E-state index contributed by atoms with van der Waals surface area (Å²) < 4.78 is 4.67. The molecule has 0 unspecified atom stereocenters. The first kappa shape index (κ1) is 33.5. The number of hydrogen-bond donors (Lipinski definition) is 0. The van der Waals surface area contributed by atoms with Crippen molar-refractivity contribution in [2.45, 2.75) is 13.1 Å². The number of hydrogen-bond acceptors (Lipinski definition) is 2. The number of pyridine rings is 2.